The largest absolute Gasteiger partial charge is 0.425 e. The van der Waals surface area contributed by atoms with Gasteiger partial charge in [0.1, 0.15) is 0 Å². The second kappa shape index (κ2) is 5.62. The number of alkyl halides is 1. The third kappa shape index (κ3) is 3.41. The lowest BCUT2D eigenvalue weighted by molar-refractivity contribution is 0.332. The van der Waals surface area contributed by atoms with Gasteiger partial charge < -0.3 is 16.5 Å². The molecule has 0 saturated carbocycles. The lowest BCUT2D eigenvalue weighted by Gasteiger charge is -2.18. The van der Waals surface area contributed by atoms with Gasteiger partial charge in [0.2, 0.25) is 0 Å². The second-order valence-electron chi connectivity index (χ2n) is 1.68. The Morgan fingerprint density at radius 2 is 1.70 bits per heavy atom. The summed E-state index contributed by atoms with van der Waals surface area (Å²) in [7, 11) is -3.84. The number of hydrogen-bond acceptors (Lipinski definition) is 4. The predicted molar refractivity (Wildman–Crippen MR) is 47.8 cm³/mol. The summed E-state index contributed by atoms with van der Waals surface area (Å²) in [5, 5.41) is 0. The number of hydrogen-bond donors (Lipinski definition) is 0. The van der Waals surface area contributed by atoms with Crippen LogP contribution in [-0.4, -0.2) is 44.8 Å². The van der Waals surface area contributed by atoms with E-state index in [1.807, 2.05) is 0 Å². The molecule has 10 heavy (non-hydrogen) atoms. The van der Waals surface area contributed by atoms with E-state index in [-0.39, 0.29) is 0 Å². The highest BCUT2D eigenvalue weighted by Gasteiger charge is 2.13. The maximum atomic E-state index is 5.56. The molecule has 0 N–H and O–H groups in total. The minimum Gasteiger partial charge on any atom is -0.425 e. The van der Waals surface area contributed by atoms with E-state index in [1.165, 1.54) is 0 Å². The fourth-order valence-corrected chi connectivity index (χ4v) is 9.87. The van der Waals surface area contributed by atoms with Crippen LogP contribution in [0.3, 0.4) is 0 Å². The Bertz CT molecular complexity index is 85.3. The van der Waals surface area contributed by atoms with Gasteiger partial charge in [-0.3, -0.25) is 0 Å². The first-order valence-corrected chi connectivity index (χ1v) is 8.64. The molecule has 9 heteroatoms. The molecule has 0 amide bonds. The van der Waals surface area contributed by atoms with Crippen molar-refractivity contribution in [3.8, 4) is 0 Å². The van der Waals surface area contributed by atoms with Gasteiger partial charge in [0, 0.05) is 0 Å². The summed E-state index contributed by atoms with van der Waals surface area (Å²) in [6, 6.07) is 0. The molecule has 1 saturated heterocycles. The van der Waals surface area contributed by atoms with Crippen molar-refractivity contribution in [2.75, 3.05) is 5.50 Å². The molecule has 0 atom stereocenters. The van der Waals surface area contributed by atoms with Gasteiger partial charge in [0.15, 0.2) is 0 Å². The highest BCUT2D eigenvalue weighted by atomic mass is 35.5. The maximum absolute atomic E-state index is 5.56. The van der Waals surface area contributed by atoms with Gasteiger partial charge in [-0.05, 0) is 0 Å². The molecule has 1 aliphatic rings. The average molecular weight is 233 g/mol. The summed E-state index contributed by atoms with van der Waals surface area (Å²) >= 11 is 5.56. The summed E-state index contributed by atoms with van der Waals surface area (Å²) in [6.07, 6.45) is 0. The van der Waals surface area contributed by atoms with Gasteiger partial charge in [0.05, 0.1) is 5.50 Å². The third-order valence-corrected chi connectivity index (χ3v) is 8.70. The molecular formula is CH9ClO4Si4. The Labute approximate surface area is 73.2 Å². The lowest BCUT2D eigenvalue weighted by Crippen LogP contribution is -2.34. The Kier molecular flexibility index (Phi) is 5.11. The Balaban J connectivity index is 2.16. The molecule has 0 aliphatic carbocycles. The van der Waals surface area contributed by atoms with Crippen molar-refractivity contribution in [1.82, 2.24) is 0 Å². The molecule has 1 rings (SSSR count). The molecule has 0 aromatic rings. The van der Waals surface area contributed by atoms with Gasteiger partial charge >= 0.3 is 9.28 Å². The van der Waals surface area contributed by atoms with Crippen molar-refractivity contribution in [1.29, 1.82) is 0 Å². The normalized spacial score (nSPS) is 36.3. The molecule has 1 heterocycles. The second-order valence-corrected chi connectivity index (χ2v) is 10.4. The van der Waals surface area contributed by atoms with E-state index in [4.69, 9.17) is 28.1 Å². The van der Waals surface area contributed by atoms with Crippen LogP contribution in [0.2, 0.25) is 0 Å². The van der Waals surface area contributed by atoms with Crippen molar-refractivity contribution in [3.05, 3.63) is 0 Å². The zero-order valence-corrected chi connectivity index (χ0v) is 11.6. The van der Waals surface area contributed by atoms with Crippen LogP contribution in [0, 0.1) is 0 Å². The quantitative estimate of drug-likeness (QED) is 0.358. The Hall–Kier alpha value is 0.998. The fraction of sp³-hybridized carbons (Fsp3) is 1.00. The van der Waals surface area contributed by atoms with Crippen LogP contribution in [0.1, 0.15) is 0 Å². The average Bonchev–Trinajstić information content (AvgIpc) is 1.87. The van der Waals surface area contributed by atoms with Gasteiger partial charge in [-0.25, -0.2) is 0 Å². The zero-order valence-electron chi connectivity index (χ0n) is 5.42. The molecule has 1 fully saturated rings. The molecule has 0 aromatic heterocycles. The maximum Gasteiger partial charge on any atom is 0.318 e. The number of rotatable bonds is 1. The SMILES string of the molecule is ClC[SiH]1O[SiH2]O[SiH2]O[SiH2]O1. The van der Waals surface area contributed by atoms with E-state index < -0.39 is 39.3 Å². The molecule has 4 nitrogen and oxygen atoms in total. The summed E-state index contributed by atoms with van der Waals surface area (Å²) in [5.41, 5.74) is 0.508. The Morgan fingerprint density at radius 1 is 1.10 bits per heavy atom. The topological polar surface area (TPSA) is 36.9 Å². The first-order chi connectivity index (χ1) is 4.93. The van der Waals surface area contributed by atoms with Gasteiger partial charge in [-0.1, -0.05) is 0 Å². The lowest BCUT2D eigenvalue weighted by atomic mass is 11.9. The minimum absolute atomic E-state index is 0.508. The summed E-state index contributed by atoms with van der Waals surface area (Å²) in [4.78, 5) is 0. The van der Waals surface area contributed by atoms with Gasteiger partial charge in [-0.15, -0.1) is 11.6 Å². The van der Waals surface area contributed by atoms with E-state index in [2.05, 4.69) is 0 Å². The molecule has 0 unspecified atom stereocenters. The van der Waals surface area contributed by atoms with Crippen molar-refractivity contribution >= 4 is 50.9 Å². The van der Waals surface area contributed by atoms with Crippen LogP contribution in [0.4, 0.5) is 0 Å². The van der Waals surface area contributed by atoms with Crippen LogP contribution in [0.15, 0.2) is 0 Å². The first-order valence-electron chi connectivity index (χ1n) is 2.88. The van der Waals surface area contributed by atoms with E-state index in [1.54, 1.807) is 0 Å². The molecule has 0 bridgehead atoms. The molecule has 0 aromatic carbocycles. The highest BCUT2D eigenvalue weighted by Crippen LogP contribution is 1.93. The number of halogens is 1. The molecule has 0 radical (unpaired) electrons. The van der Waals surface area contributed by atoms with Crippen molar-refractivity contribution in [2.24, 2.45) is 0 Å². The van der Waals surface area contributed by atoms with Crippen molar-refractivity contribution in [3.63, 3.8) is 0 Å². The van der Waals surface area contributed by atoms with E-state index in [0.29, 0.717) is 5.50 Å². The van der Waals surface area contributed by atoms with Crippen LogP contribution in [-0.2, 0) is 16.5 Å². The van der Waals surface area contributed by atoms with E-state index >= 15 is 0 Å². The summed E-state index contributed by atoms with van der Waals surface area (Å²) < 4.78 is 21.0. The van der Waals surface area contributed by atoms with E-state index in [0.717, 1.165) is 0 Å². The fourth-order valence-electron chi connectivity index (χ4n) is 0.512. The predicted octanol–water partition coefficient (Wildman–Crippen LogP) is -2.94. The summed E-state index contributed by atoms with van der Waals surface area (Å²) in [5.74, 6) is 0. The van der Waals surface area contributed by atoms with Gasteiger partial charge in [0.25, 0.3) is 30.0 Å². The van der Waals surface area contributed by atoms with Crippen LogP contribution < -0.4 is 0 Å². The van der Waals surface area contributed by atoms with Crippen molar-refractivity contribution in [2.45, 2.75) is 0 Å². The van der Waals surface area contributed by atoms with Crippen molar-refractivity contribution < 1.29 is 16.5 Å². The standard InChI is InChI=1S/CH9ClO4Si4/c2-1-10-5-8-3-7-4-9-6-10/h10H,1,7-9H2. The van der Waals surface area contributed by atoms with E-state index in [9.17, 15) is 0 Å². The third-order valence-electron chi connectivity index (χ3n) is 0.967. The monoisotopic (exact) mass is 232 g/mol. The highest BCUT2D eigenvalue weighted by molar-refractivity contribution is 6.65. The smallest absolute Gasteiger partial charge is 0.318 e. The molecule has 1 aliphatic heterocycles. The molecular weight excluding hydrogens is 224 g/mol. The molecule has 60 valence electrons. The first kappa shape index (κ1) is 9.09. The van der Waals surface area contributed by atoms with Crippen LogP contribution in [0.5, 0.6) is 0 Å². The minimum atomic E-state index is -1.52. The Morgan fingerprint density at radius 3 is 2.20 bits per heavy atom. The van der Waals surface area contributed by atoms with Crippen LogP contribution in [0.25, 0.3) is 0 Å². The van der Waals surface area contributed by atoms with Gasteiger partial charge in [-0.2, -0.15) is 0 Å². The summed E-state index contributed by atoms with van der Waals surface area (Å²) in [6.45, 7) is 0. The zero-order chi connectivity index (χ0) is 7.23. The molecule has 0 spiro atoms. The van der Waals surface area contributed by atoms with Crippen LogP contribution >= 0.6 is 11.6 Å².